The molecule has 1 fully saturated rings. The predicted octanol–water partition coefficient (Wildman–Crippen LogP) is 3.26. The average Bonchev–Trinajstić information content (AvgIpc) is 2.88. The van der Waals surface area contributed by atoms with Gasteiger partial charge in [0.25, 0.3) is 0 Å². The third kappa shape index (κ3) is 4.27. The number of nitrogens with zero attached hydrogens (tertiary/aromatic N) is 4. The van der Waals surface area contributed by atoms with E-state index < -0.39 is 30.0 Å². The number of benzene rings is 1. The fourth-order valence-corrected chi connectivity index (χ4v) is 2.25. The fraction of sp³-hybridized carbons (Fsp3) is 0.462. The minimum absolute atomic E-state index is 0.00624. The van der Waals surface area contributed by atoms with Gasteiger partial charge in [-0.25, -0.2) is 4.79 Å². The summed E-state index contributed by atoms with van der Waals surface area (Å²) in [5.74, 6) is 0. The molecule has 1 aliphatic rings. The van der Waals surface area contributed by atoms with Gasteiger partial charge < -0.3 is 14.7 Å². The minimum atomic E-state index is -4.40. The maximum atomic E-state index is 12.5. The van der Waals surface area contributed by atoms with Crippen molar-refractivity contribution in [2.45, 2.75) is 24.9 Å². The molecule has 0 aliphatic carbocycles. The maximum absolute atomic E-state index is 12.5. The molecule has 1 aromatic carbocycles. The van der Waals surface area contributed by atoms with Crippen molar-refractivity contribution >= 4 is 6.09 Å². The second kappa shape index (κ2) is 6.76. The van der Waals surface area contributed by atoms with E-state index in [9.17, 15) is 18.0 Å². The Kier molecular flexibility index (Phi) is 4.97. The van der Waals surface area contributed by atoms with Gasteiger partial charge in [-0.05, 0) is 23.2 Å². The number of carboxylic acid groups (broad SMARTS) is 1. The molecule has 2 atom stereocenters. The van der Waals surface area contributed by atoms with Crippen LogP contribution in [-0.2, 0) is 17.5 Å². The van der Waals surface area contributed by atoms with Crippen LogP contribution in [-0.4, -0.2) is 41.3 Å². The zero-order valence-corrected chi connectivity index (χ0v) is 11.8. The Morgan fingerprint density at radius 3 is 2.57 bits per heavy atom. The molecule has 1 heterocycles. The summed E-state index contributed by atoms with van der Waals surface area (Å²) in [6.45, 7) is 0.0600. The molecule has 23 heavy (non-hydrogen) atoms. The first kappa shape index (κ1) is 16.9. The molecule has 0 saturated carbocycles. The molecular formula is C13H13F3N4O3. The Morgan fingerprint density at radius 1 is 1.39 bits per heavy atom. The summed E-state index contributed by atoms with van der Waals surface area (Å²) in [7, 11) is 0. The summed E-state index contributed by atoms with van der Waals surface area (Å²) < 4.78 is 42.9. The lowest BCUT2D eigenvalue weighted by molar-refractivity contribution is -0.137. The van der Waals surface area contributed by atoms with Crippen LogP contribution in [0.1, 0.15) is 11.1 Å². The third-order valence-corrected chi connectivity index (χ3v) is 3.45. The van der Waals surface area contributed by atoms with Crippen LogP contribution in [0.15, 0.2) is 29.4 Å². The summed E-state index contributed by atoms with van der Waals surface area (Å²) in [6, 6.07) is 3.80. The molecule has 0 aromatic heterocycles. The average molecular weight is 330 g/mol. The van der Waals surface area contributed by atoms with E-state index in [1.807, 2.05) is 0 Å². The molecule has 0 bridgehead atoms. The van der Waals surface area contributed by atoms with Gasteiger partial charge in [0.1, 0.15) is 0 Å². The van der Waals surface area contributed by atoms with Crippen LogP contribution in [0.25, 0.3) is 10.4 Å². The van der Waals surface area contributed by atoms with E-state index in [0.717, 1.165) is 17.0 Å². The van der Waals surface area contributed by atoms with Crippen molar-refractivity contribution in [3.63, 3.8) is 0 Å². The summed E-state index contributed by atoms with van der Waals surface area (Å²) in [5.41, 5.74) is 8.24. The molecule has 1 amide bonds. The number of azide groups is 1. The number of rotatable bonds is 4. The second-order valence-corrected chi connectivity index (χ2v) is 5.00. The molecule has 7 nitrogen and oxygen atoms in total. The minimum Gasteiger partial charge on any atom is -0.465 e. The van der Waals surface area contributed by atoms with Gasteiger partial charge in [-0.1, -0.05) is 17.2 Å². The van der Waals surface area contributed by atoms with Gasteiger partial charge in [0.2, 0.25) is 0 Å². The Bertz CT molecular complexity index is 614. The van der Waals surface area contributed by atoms with Gasteiger partial charge >= 0.3 is 12.3 Å². The standard InChI is InChI=1S/C13H13F3N4O3/c14-13(15,16)9-3-1-8(2-4-9)7-23-11-6-20(12(21)22)5-10(11)18-19-17/h1-4,10-11H,5-7H2,(H,21,22)/t10-,11-/m1/s1. The van der Waals surface area contributed by atoms with Crippen LogP contribution in [0.2, 0.25) is 0 Å². The van der Waals surface area contributed by atoms with Gasteiger partial charge in [-0.15, -0.1) is 0 Å². The van der Waals surface area contributed by atoms with Crippen molar-refractivity contribution in [1.82, 2.24) is 4.90 Å². The number of hydrogen-bond acceptors (Lipinski definition) is 3. The van der Waals surface area contributed by atoms with Crippen molar-refractivity contribution in [2.75, 3.05) is 13.1 Å². The van der Waals surface area contributed by atoms with Crippen LogP contribution in [0.5, 0.6) is 0 Å². The zero-order chi connectivity index (χ0) is 17.0. The summed E-state index contributed by atoms with van der Waals surface area (Å²) in [4.78, 5) is 14.7. The molecule has 0 radical (unpaired) electrons. The smallest absolute Gasteiger partial charge is 0.416 e. The zero-order valence-electron chi connectivity index (χ0n) is 11.8. The van der Waals surface area contributed by atoms with Crippen LogP contribution in [0.4, 0.5) is 18.0 Å². The van der Waals surface area contributed by atoms with E-state index >= 15 is 0 Å². The van der Waals surface area contributed by atoms with Crippen LogP contribution < -0.4 is 0 Å². The second-order valence-electron chi connectivity index (χ2n) is 5.00. The van der Waals surface area contributed by atoms with Crippen LogP contribution in [0, 0.1) is 0 Å². The lowest BCUT2D eigenvalue weighted by atomic mass is 10.1. The number of likely N-dealkylation sites (tertiary alicyclic amines) is 1. The molecular weight excluding hydrogens is 317 g/mol. The summed E-state index contributed by atoms with van der Waals surface area (Å²) in [5, 5.41) is 12.4. The molecule has 124 valence electrons. The molecule has 1 aliphatic heterocycles. The van der Waals surface area contributed by atoms with Crippen molar-refractivity contribution in [2.24, 2.45) is 5.11 Å². The van der Waals surface area contributed by atoms with Crippen molar-refractivity contribution < 1.29 is 27.8 Å². The topological polar surface area (TPSA) is 98.5 Å². The largest absolute Gasteiger partial charge is 0.465 e. The number of hydrogen-bond donors (Lipinski definition) is 1. The van der Waals surface area contributed by atoms with Gasteiger partial charge in [0, 0.05) is 11.5 Å². The Balaban J connectivity index is 1.98. The lowest BCUT2D eigenvalue weighted by Gasteiger charge is -2.15. The lowest BCUT2D eigenvalue weighted by Crippen LogP contribution is -2.28. The monoisotopic (exact) mass is 330 g/mol. The molecule has 1 saturated heterocycles. The van der Waals surface area contributed by atoms with Crippen molar-refractivity contribution in [3.05, 3.63) is 45.8 Å². The van der Waals surface area contributed by atoms with E-state index in [1.165, 1.54) is 12.1 Å². The third-order valence-electron chi connectivity index (χ3n) is 3.45. The number of alkyl halides is 3. The van der Waals surface area contributed by atoms with E-state index in [2.05, 4.69) is 10.0 Å². The Labute approximate surface area is 128 Å². The SMILES string of the molecule is [N-]=[N+]=N[C@@H]1CN(C(=O)O)C[C@H]1OCc1ccc(C(F)(F)F)cc1. The fourth-order valence-electron chi connectivity index (χ4n) is 2.25. The van der Waals surface area contributed by atoms with E-state index in [4.69, 9.17) is 15.4 Å². The Hall–Kier alpha value is -2.45. The van der Waals surface area contributed by atoms with Crippen molar-refractivity contribution in [1.29, 1.82) is 0 Å². The molecule has 1 aromatic rings. The normalized spacial score (nSPS) is 21.1. The van der Waals surface area contributed by atoms with Gasteiger partial charge in [0.05, 0.1) is 30.9 Å². The van der Waals surface area contributed by atoms with E-state index in [0.29, 0.717) is 5.56 Å². The van der Waals surface area contributed by atoms with E-state index in [1.54, 1.807) is 0 Å². The molecule has 1 N–H and O–H groups in total. The first-order chi connectivity index (χ1) is 10.8. The number of amides is 1. The first-order valence-corrected chi connectivity index (χ1v) is 6.61. The highest BCUT2D eigenvalue weighted by Crippen LogP contribution is 2.29. The number of ether oxygens (including phenoxy) is 1. The summed E-state index contributed by atoms with van der Waals surface area (Å²) >= 11 is 0. The molecule has 2 rings (SSSR count). The van der Waals surface area contributed by atoms with E-state index in [-0.39, 0.29) is 19.7 Å². The maximum Gasteiger partial charge on any atom is 0.416 e. The molecule has 0 spiro atoms. The Morgan fingerprint density at radius 2 is 2.04 bits per heavy atom. The molecule has 10 heteroatoms. The van der Waals surface area contributed by atoms with Gasteiger partial charge in [-0.2, -0.15) is 13.2 Å². The number of carbonyl (C=O) groups is 1. The molecule has 0 unspecified atom stereocenters. The quantitative estimate of drug-likeness (QED) is 0.521. The summed E-state index contributed by atoms with van der Waals surface area (Å²) in [6.07, 6.45) is -6.19. The van der Waals surface area contributed by atoms with Crippen LogP contribution in [0.3, 0.4) is 0 Å². The number of halogens is 3. The highest BCUT2D eigenvalue weighted by Gasteiger charge is 2.35. The first-order valence-electron chi connectivity index (χ1n) is 6.61. The van der Waals surface area contributed by atoms with Gasteiger partial charge in [-0.3, -0.25) is 0 Å². The van der Waals surface area contributed by atoms with Gasteiger partial charge in [0.15, 0.2) is 0 Å². The highest BCUT2D eigenvalue weighted by atomic mass is 19.4. The van der Waals surface area contributed by atoms with Crippen LogP contribution >= 0.6 is 0 Å². The highest BCUT2D eigenvalue weighted by molar-refractivity contribution is 5.65. The van der Waals surface area contributed by atoms with Crippen molar-refractivity contribution in [3.8, 4) is 0 Å². The predicted molar refractivity (Wildman–Crippen MR) is 72.6 cm³/mol.